The molecule has 2 atom stereocenters. The van der Waals surface area contributed by atoms with E-state index in [0.717, 1.165) is 19.5 Å². The van der Waals surface area contributed by atoms with Crippen molar-refractivity contribution in [2.45, 2.75) is 52.1 Å². The predicted molar refractivity (Wildman–Crippen MR) is 71.1 cm³/mol. The third-order valence-electron chi connectivity index (χ3n) is 3.17. The van der Waals surface area contributed by atoms with Gasteiger partial charge in [0.2, 0.25) is 0 Å². The highest BCUT2D eigenvalue weighted by Crippen LogP contribution is 2.06. The summed E-state index contributed by atoms with van der Waals surface area (Å²) >= 11 is 0. The lowest BCUT2D eigenvalue weighted by Gasteiger charge is -2.26. The van der Waals surface area contributed by atoms with Crippen LogP contribution in [-0.2, 0) is 9.53 Å². The molecule has 0 amide bonds. The number of hydrogen-bond donors (Lipinski definition) is 1. The second-order valence-corrected chi connectivity index (χ2v) is 4.54. The Bertz CT molecular complexity index is 210. The number of nitrogens with zero attached hydrogens (tertiary/aromatic N) is 1. The highest BCUT2D eigenvalue weighted by atomic mass is 16.5. The highest BCUT2D eigenvalue weighted by molar-refractivity contribution is 5.75. The molecule has 102 valence electrons. The Kier molecular flexibility index (Phi) is 9.09. The van der Waals surface area contributed by atoms with Crippen LogP contribution in [0.25, 0.3) is 0 Å². The molecular formula is C13H28N2O2. The van der Waals surface area contributed by atoms with Crippen LogP contribution in [-0.4, -0.2) is 50.2 Å². The van der Waals surface area contributed by atoms with Gasteiger partial charge in [0.25, 0.3) is 0 Å². The van der Waals surface area contributed by atoms with Crippen LogP contribution in [0.5, 0.6) is 0 Å². The number of rotatable bonds is 9. The smallest absolute Gasteiger partial charge is 0.322 e. The zero-order valence-electron chi connectivity index (χ0n) is 12.0. The predicted octanol–water partition coefficient (Wildman–Crippen LogP) is 1.65. The molecule has 1 N–H and O–H groups in total. The molecule has 0 aromatic rings. The molecule has 4 nitrogen and oxygen atoms in total. The molecule has 0 saturated carbocycles. The standard InChI is InChI=1S/C13H28N2O2/c1-6-8-11(3)15(4)10-9-12(14-7-2)13(16)17-5/h11-12,14H,6-10H2,1-5H3. The molecule has 17 heavy (non-hydrogen) atoms. The van der Waals surface area contributed by atoms with Gasteiger partial charge in [-0.25, -0.2) is 0 Å². The van der Waals surface area contributed by atoms with E-state index in [9.17, 15) is 4.79 Å². The van der Waals surface area contributed by atoms with Gasteiger partial charge in [-0.2, -0.15) is 0 Å². The second-order valence-electron chi connectivity index (χ2n) is 4.54. The molecule has 4 heteroatoms. The van der Waals surface area contributed by atoms with E-state index < -0.39 is 0 Å². The summed E-state index contributed by atoms with van der Waals surface area (Å²) in [5, 5.41) is 3.16. The van der Waals surface area contributed by atoms with Crippen LogP contribution in [0.4, 0.5) is 0 Å². The number of ether oxygens (including phenoxy) is 1. The first-order valence-electron chi connectivity index (χ1n) is 6.58. The van der Waals surface area contributed by atoms with Crippen molar-refractivity contribution in [2.75, 3.05) is 27.2 Å². The van der Waals surface area contributed by atoms with Gasteiger partial charge in [-0.3, -0.25) is 4.79 Å². The second kappa shape index (κ2) is 9.42. The minimum absolute atomic E-state index is 0.164. The number of likely N-dealkylation sites (N-methyl/N-ethyl adjacent to an activating group) is 1. The maximum atomic E-state index is 11.5. The van der Waals surface area contributed by atoms with Gasteiger partial charge < -0.3 is 15.0 Å². The molecule has 0 aliphatic rings. The molecule has 0 aliphatic heterocycles. The fourth-order valence-corrected chi connectivity index (χ4v) is 1.88. The van der Waals surface area contributed by atoms with Crippen LogP contribution in [0.15, 0.2) is 0 Å². The summed E-state index contributed by atoms with van der Waals surface area (Å²) in [6.07, 6.45) is 3.19. The maximum Gasteiger partial charge on any atom is 0.322 e. The van der Waals surface area contributed by atoms with Crippen molar-refractivity contribution in [2.24, 2.45) is 0 Å². The normalized spacial score (nSPS) is 14.7. The van der Waals surface area contributed by atoms with Crippen LogP contribution in [0.3, 0.4) is 0 Å². The molecule has 0 bridgehead atoms. The van der Waals surface area contributed by atoms with Gasteiger partial charge in [-0.05, 0) is 33.4 Å². The van der Waals surface area contributed by atoms with E-state index in [-0.39, 0.29) is 12.0 Å². The molecule has 0 aromatic carbocycles. The van der Waals surface area contributed by atoms with Crippen molar-refractivity contribution >= 4 is 5.97 Å². The highest BCUT2D eigenvalue weighted by Gasteiger charge is 2.19. The summed E-state index contributed by atoms with van der Waals surface area (Å²) in [6, 6.07) is 0.390. The van der Waals surface area contributed by atoms with Crippen LogP contribution in [0, 0.1) is 0 Å². The SMILES string of the molecule is CCCC(C)N(C)CCC(NCC)C(=O)OC. The lowest BCUT2D eigenvalue weighted by molar-refractivity contribution is -0.143. The summed E-state index contributed by atoms with van der Waals surface area (Å²) in [7, 11) is 3.55. The first-order chi connectivity index (χ1) is 8.06. The van der Waals surface area contributed by atoms with E-state index in [4.69, 9.17) is 4.74 Å². The minimum atomic E-state index is -0.179. The Balaban J connectivity index is 4.06. The van der Waals surface area contributed by atoms with E-state index in [2.05, 4.69) is 31.1 Å². The van der Waals surface area contributed by atoms with Gasteiger partial charge >= 0.3 is 5.97 Å². The van der Waals surface area contributed by atoms with Crippen molar-refractivity contribution in [1.29, 1.82) is 0 Å². The van der Waals surface area contributed by atoms with Gasteiger partial charge in [0.1, 0.15) is 6.04 Å². The Hall–Kier alpha value is -0.610. The summed E-state index contributed by atoms with van der Waals surface area (Å²) in [5.41, 5.74) is 0. The minimum Gasteiger partial charge on any atom is -0.468 e. The molecule has 0 radical (unpaired) electrons. The van der Waals surface area contributed by atoms with Crippen molar-refractivity contribution in [1.82, 2.24) is 10.2 Å². The van der Waals surface area contributed by atoms with E-state index in [1.54, 1.807) is 0 Å². The average molecular weight is 244 g/mol. The third kappa shape index (κ3) is 6.64. The van der Waals surface area contributed by atoms with Gasteiger partial charge in [0.15, 0.2) is 0 Å². The molecule has 0 fully saturated rings. The van der Waals surface area contributed by atoms with Crippen LogP contribution < -0.4 is 5.32 Å². The molecular weight excluding hydrogens is 216 g/mol. The van der Waals surface area contributed by atoms with Gasteiger partial charge in [-0.1, -0.05) is 20.3 Å². The van der Waals surface area contributed by atoms with Crippen molar-refractivity contribution < 1.29 is 9.53 Å². The Morgan fingerprint density at radius 1 is 1.35 bits per heavy atom. The fraction of sp³-hybridized carbons (Fsp3) is 0.923. The Morgan fingerprint density at radius 2 is 2.00 bits per heavy atom. The zero-order valence-corrected chi connectivity index (χ0v) is 12.0. The molecule has 0 spiro atoms. The Labute approximate surface area is 106 Å². The number of methoxy groups -OCH3 is 1. The lowest BCUT2D eigenvalue weighted by Crippen LogP contribution is -2.41. The van der Waals surface area contributed by atoms with Crippen LogP contribution in [0.2, 0.25) is 0 Å². The lowest BCUT2D eigenvalue weighted by atomic mass is 10.1. The summed E-state index contributed by atoms with van der Waals surface area (Å²) in [6.45, 7) is 8.12. The van der Waals surface area contributed by atoms with E-state index in [1.165, 1.54) is 20.0 Å². The number of carbonyl (C=O) groups excluding carboxylic acids is 1. The fourth-order valence-electron chi connectivity index (χ4n) is 1.88. The van der Waals surface area contributed by atoms with Crippen molar-refractivity contribution in [3.05, 3.63) is 0 Å². The topological polar surface area (TPSA) is 41.6 Å². The maximum absolute atomic E-state index is 11.5. The van der Waals surface area contributed by atoms with Crippen LogP contribution in [0.1, 0.15) is 40.0 Å². The summed E-state index contributed by atoms with van der Waals surface area (Å²) in [4.78, 5) is 13.8. The third-order valence-corrected chi connectivity index (χ3v) is 3.17. The summed E-state index contributed by atoms with van der Waals surface area (Å²) < 4.78 is 4.79. The van der Waals surface area contributed by atoms with Crippen molar-refractivity contribution in [3.8, 4) is 0 Å². The molecule has 2 unspecified atom stereocenters. The summed E-state index contributed by atoms with van der Waals surface area (Å²) in [5.74, 6) is -0.164. The first kappa shape index (κ1) is 16.4. The van der Waals surface area contributed by atoms with E-state index in [1.807, 2.05) is 6.92 Å². The zero-order chi connectivity index (χ0) is 13.3. The number of carbonyl (C=O) groups is 1. The van der Waals surface area contributed by atoms with Gasteiger partial charge in [-0.15, -0.1) is 0 Å². The molecule has 0 rings (SSSR count). The molecule has 0 aromatic heterocycles. The van der Waals surface area contributed by atoms with E-state index >= 15 is 0 Å². The molecule has 0 aliphatic carbocycles. The largest absolute Gasteiger partial charge is 0.468 e. The van der Waals surface area contributed by atoms with Crippen LogP contribution >= 0.6 is 0 Å². The average Bonchev–Trinajstić information content (AvgIpc) is 2.33. The quantitative estimate of drug-likeness (QED) is 0.626. The van der Waals surface area contributed by atoms with Gasteiger partial charge in [0.05, 0.1) is 7.11 Å². The van der Waals surface area contributed by atoms with Gasteiger partial charge in [0, 0.05) is 12.6 Å². The Morgan fingerprint density at radius 3 is 2.47 bits per heavy atom. The molecule has 0 heterocycles. The van der Waals surface area contributed by atoms with E-state index in [0.29, 0.717) is 6.04 Å². The number of nitrogens with one attached hydrogen (secondary N) is 1. The first-order valence-corrected chi connectivity index (χ1v) is 6.58. The van der Waals surface area contributed by atoms with Crippen molar-refractivity contribution in [3.63, 3.8) is 0 Å². The molecule has 0 saturated heterocycles. The number of esters is 1. The number of hydrogen-bond acceptors (Lipinski definition) is 4. The monoisotopic (exact) mass is 244 g/mol.